The minimum Gasteiger partial charge on any atom is -0.508 e. The molecule has 1 aliphatic carbocycles. The van der Waals surface area contributed by atoms with Crippen LogP contribution in [0.1, 0.15) is 24.5 Å². The average Bonchev–Trinajstić information content (AvgIpc) is 2.63. The van der Waals surface area contributed by atoms with Gasteiger partial charge >= 0.3 is 0 Å². The van der Waals surface area contributed by atoms with Crippen molar-refractivity contribution in [1.29, 1.82) is 0 Å². The molecule has 0 radical (unpaired) electrons. The molecular weight excluding hydrogens is 184 g/mol. The van der Waals surface area contributed by atoms with Crippen molar-refractivity contribution in [2.75, 3.05) is 0 Å². The highest BCUT2D eigenvalue weighted by Crippen LogP contribution is 2.37. The maximum atomic E-state index is 9.69. The molecule has 1 aliphatic rings. The van der Waals surface area contributed by atoms with Crippen LogP contribution in [0.15, 0.2) is 24.3 Å². The molecule has 0 amide bonds. The fourth-order valence-electron chi connectivity index (χ4n) is 2.13. The van der Waals surface area contributed by atoms with E-state index in [-0.39, 0.29) is 0 Å². The molecule has 0 saturated carbocycles. The van der Waals surface area contributed by atoms with Gasteiger partial charge in [0, 0.05) is 12.0 Å². The van der Waals surface area contributed by atoms with Crippen molar-refractivity contribution in [3.63, 3.8) is 0 Å². The Hall–Kier alpha value is -1.68. The highest BCUT2D eigenvalue weighted by Gasteiger charge is 2.20. The van der Waals surface area contributed by atoms with Gasteiger partial charge in [0.2, 0.25) is 0 Å². The van der Waals surface area contributed by atoms with Gasteiger partial charge in [0.25, 0.3) is 0 Å². The van der Waals surface area contributed by atoms with Gasteiger partial charge in [0.15, 0.2) is 0 Å². The number of rotatable bonds is 2. The molecule has 1 aromatic rings. The van der Waals surface area contributed by atoms with E-state index in [2.05, 4.69) is 25.0 Å². The summed E-state index contributed by atoms with van der Waals surface area (Å²) in [5.74, 6) is 3.45. The lowest BCUT2D eigenvalue weighted by atomic mass is 9.93. The summed E-state index contributed by atoms with van der Waals surface area (Å²) in [5.41, 5.74) is 3.48. The van der Waals surface area contributed by atoms with Crippen LogP contribution < -0.4 is 0 Å². The Labute approximate surface area is 90.4 Å². The fraction of sp³-hybridized carbons (Fsp3) is 0.286. The van der Waals surface area contributed by atoms with E-state index in [1.807, 2.05) is 6.07 Å². The average molecular weight is 198 g/mol. The van der Waals surface area contributed by atoms with Crippen molar-refractivity contribution in [3.8, 4) is 18.1 Å². The molecule has 76 valence electrons. The molecule has 0 unspecified atom stereocenters. The second-order valence-corrected chi connectivity index (χ2v) is 3.98. The molecule has 0 heterocycles. The molecule has 1 atom stereocenters. The highest BCUT2D eigenvalue weighted by molar-refractivity contribution is 5.76. The Kier molecular flexibility index (Phi) is 2.51. The quantitative estimate of drug-likeness (QED) is 0.724. The molecule has 0 fully saturated rings. The van der Waals surface area contributed by atoms with Gasteiger partial charge in [-0.15, -0.1) is 12.3 Å². The van der Waals surface area contributed by atoms with E-state index in [9.17, 15) is 5.11 Å². The molecular formula is C14H14O. The second-order valence-electron chi connectivity index (χ2n) is 3.98. The van der Waals surface area contributed by atoms with Crippen molar-refractivity contribution in [3.05, 3.63) is 35.4 Å². The van der Waals surface area contributed by atoms with Crippen LogP contribution >= 0.6 is 0 Å². The first-order valence-corrected chi connectivity index (χ1v) is 5.18. The van der Waals surface area contributed by atoms with Crippen LogP contribution in [0.5, 0.6) is 5.75 Å². The second kappa shape index (κ2) is 3.82. The SMILES string of the molecule is C#CC[C@@H](C)C1=CCc2c(O)cccc21. The Balaban J connectivity index is 2.36. The lowest BCUT2D eigenvalue weighted by Gasteiger charge is -2.12. The number of phenolic OH excluding ortho intramolecular Hbond substituents is 1. The van der Waals surface area contributed by atoms with E-state index in [4.69, 9.17) is 6.42 Å². The molecule has 2 rings (SSSR count). The first-order chi connectivity index (χ1) is 7.24. The number of hydrogen-bond donors (Lipinski definition) is 1. The van der Waals surface area contributed by atoms with E-state index < -0.39 is 0 Å². The van der Waals surface area contributed by atoms with E-state index in [0.717, 1.165) is 24.0 Å². The molecule has 0 bridgehead atoms. The number of hydrogen-bond acceptors (Lipinski definition) is 1. The molecule has 0 spiro atoms. The molecule has 0 aromatic heterocycles. The van der Waals surface area contributed by atoms with Gasteiger partial charge in [0.1, 0.15) is 5.75 Å². The molecule has 1 aromatic carbocycles. The first kappa shape index (κ1) is 9.86. The van der Waals surface area contributed by atoms with Crippen LogP contribution in [0.2, 0.25) is 0 Å². The number of fused-ring (bicyclic) bond motifs is 1. The molecule has 1 heteroatoms. The Morgan fingerprint density at radius 3 is 3.07 bits per heavy atom. The minimum atomic E-state index is 0.373. The standard InChI is InChI=1S/C14H14O/c1-3-5-10(2)11-8-9-13-12(11)6-4-7-14(13)15/h1,4,6-8,10,15H,5,9H2,2H3/t10-/m1/s1. The fourth-order valence-corrected chi connectivity index (χ4v) is 2.13. The van der Waals surface area contributed by atoms with Crippen molar-refractivity contribution in [2.24, 2.45) is 5.92 Å². The molecule has 1 N–H and O–H groups in total. The number of allylic oxidation sites excluding steroid dienone is 2. The number of benzene rings is 1. The predicted octanol–water partition coefficient (Wildman–Crippen LogP) is 2.99. The number of aromatic hydroxyl groups is 1. The van der Waals surface area contributed by atoms with E-state index >= 15 is 0 Å². The lowest BCUT2D eigenvalue weighted by molar-refractivity contribution is 0.470. The summed E-state index contributed by atoms with van der Waals surface area (Å²) in [6.45, 7) is 2.13. The van der Waals surface area contributed by atoms with Gasteiger partial charge in [-0.25, -0.2) is 0 Å². The summed E-state index contributed by atoms with van der Waals surface area (Å²) in [6.07, 6.45) is 9.07. The summed E-state index contributed by atoms with van der Waals surface area (Å²) >= 11 is 0. The molecule has 1 nitrogen and oxygen atoms in total. The van der Waals surface area contributed by atoms with Gasteiger partial charge in [-0.3, -0.25) is 0 Å². The third-order valence-corrected chi connectivity index (χ3v) is 2.94. The first-order valence-electron chi connectivity index (χ1n) is 5.18. The molecule has 0 aliphatic heterocycles. The summed E-state index contributed by atoms with van der Waals surface area (Å²) in [6, 6.07) is 5.68. The smallest absolute Gasteiger partial charge is 0.119 e. The Morgan fingerprint density at radius 2 is 2.33 bits per heavy atom. The number of phenols is 1. The van der Waals surface area contributed by atoms with Crippen LogP contribution in [0.4, 0.5) is 0 Å². The van der Waals surface area contributed by atoms with Gasteiger partial charge < -0.3 is 5.11 Å². The van der Waals surface area contributed by atoms with Crippen molar-refractivity contribution < 1.29 is 5.11 Å². The largest absolute Gasteiger partial charge is 0.508 e. The zero-order valence-electron chi connectivity index (χ0n) is 8.83. The maximum Gasteiger partial charge on any atom is 0.119 e. The zero-order chi connectivity index (χ0) is 10.8. The maximum absolute atomic E-state index is 9.69. The highest BCUT2D eigenvalue weighted by atomic mass is 16.3. The van der Waals surface area contributed by atoms with E-state index in [0.29, 0.717) is 11.7 Å². The third-order valence-electron chi connectivity index (χ3n) is 2.94. The summed E-state index contributed by atoms with van der Waals surface area (Å²) in [5, 5.41) is 9.69. The zero-order valence-corrected chi connectivity index (χ0v) is 8.83. The van der Waals surface area contributed by atoms with Crippen LogP contribution in [0, 0.1) is 18.3 Å². The van der Waals surface area contributed by atoms with Crippen LogP contribution in [0.3, 0.4) is 0 Å². The van der Waals surface area contributed by atoms with E-state index in [1.165, 1.54) is 5.57 Å². The lowest BCUT2D eigenvalue weighted by Crippen LogP contribution is -1.96. The van der Waals surface area contributed by atoms with Gasteiger partial charge in [-0.05, 0) is 29.5 Å². The Bertz CT molecular complexity index is 449. The van der Waals surface area contributed by atoms with E-state index in [1.54, 1.807) is 6.07 Å². The van der Waals surface area contributed by atoms with Crippen molar-refractivity contribution in [2.45, 2.75) is 19.8 Å². The van der Waals surface area contributed by atoms with Crippen LogP contribution in [0.25, 0.3) is 5.57 Å². The van der Waals surface area contributed by atoms with Crippen molar-refractivity contribution >= 4 is 5.57 Å². The number of terminal acetylenes is 1. The van der Waals surface area contributed by atoms with Crippen LogP contribution in [-0.2, 0) is 6.42 Å². The Morgan fingerprint density at radius 1 is 1.53 bits per heavy atom. The monoisotopic (exact) mass is 198 g/mol. The minimum absolute atomic E-state index is 0.373. The normalized spacial score (nSPS) is 15.3. The third kappa shape index (κ3) is 1.64. The topological polar surface area (TPSA) is 20.2 Å². The van der Waals surface area contributed by atoms with Crippen molar-refractivity contribution in [1.82, 2.24) is 0 Å². The van der Waals surface area contributed by atoms with Crippen LogP contribution in [-0.4, -0.2) is 5.11 Å². The summed E-state index contributed by atoms with van der Waals surface area (Å²) < 4.78 is 0. The van der Waals surface area contributed by atoms with Gasteiger partial charge in [0.05, 0.1) is 0 Å². The predicted molar refractivity (Wildman–Crippen MR) is 62.4 cm³/mol. The van der Waals surface area contributed by atoms with Gasteiger partial charge in [-0.1, -0.05) is 25.1 Å². The summed E-state index contributed by atoms with van der Waals surface area (Å²) in [4.78, 5) is 0. The summed E-state index contributed by atoms with van der Waals surface area (Å²) in [7, 11) is 0. The molecule has 15 heavy (non-hydrogen) atoms. The van der Waals surface area contributed by atoms with Gasteiger partial charge in [-0.2, -0.15) is 0 Å². The molecule has 0 saturated heterocycles.